The number of aliphatic hydroxyl groups is 2. The van der Waals surface area contributed by atoms with E-state index in [0.717, 1.165) is 27.7 Å². The number of rotatable bonds is 0. The fourth-order valence-corrected chi connectivity index (χ4v) is 4.00. The minimum Gasteiger partial charge on any atom is -0.384 e. The number of nitrogens with one attached hydrogen (secondary N) is 2. The Bertz CT molecular complexity index is 1280. The summed E-state index contributed by atoms with van der Waals surface area (Å²) in [4.78, 5) is 12.3. The van der Waals surface area contributed by atoms with Gasteiger partial charge in [-0.15, -0.1) is 0 Å². The molecule has 5 aliphatic rings. The van der Waals surface area contributed by atoms with Gasteiger partial charge in [0.2, 0.25) is 5.72 Å². The van der Waals surface area contributed by atoms with Crippen molar-refractivity contribution in [2.45, 2.75) is 30.6 Å². The first kappa shape index (κ1) is 15.8. The highest BCUT2D eigenvalue weighted by atomic mass is 16.7. The zero-order valence-corrected chi connectivity index (χ0v) is 14.9. The lowest BCUT2D eigenvalue weighted by atomic mass is 10.0. The molecule has 4 atom stereocenters. The van der Waals surface area contributed by atoms with Gasteiger partial charge in [-0.1, -0.05) is 0 Å². The Hall–Kier alpha value is -3.18. The summed E-state index contributed by atoms with van der Waals surface area (Å²) in [6.45, 7) is 2.01. The molecule has 1 spiro atoms. The lowest BCUT2D eigenvalue weighted by Gasteiger charge is -2.17. The van der Waals surface area contributed by atoms with Crippen molar-refractivity contribution < 1.29 is 14.9 Å². The number of hydrogen-bond donors (Lipinski definition) is 4. The number of hydrogen-bond acceptors (Lipinski definition) is 6. The van der Waals surface area contributed by atoms with Crippen molar-refractivity contribution in [2.24, 2.45) is 9.98 Å². The van der Waals surface area contributed by atoms with E-state index in [1.807, 2.05) is 37.3 Å². The topological polar surface area (TPSA) is 106 Å². The SMILES string of the molecule is CC1=CC2=CC3=CC(O)C4(N3)OC4C3(O)C#CC(=N3)C=c3ccc([nH]3)=CC1=N2. The Labute approximate surface area is 159 Å². The van der Waals surface area contributed by atoms with Crippen LogP contribution in [0.1, 0.15) is 6.92 Å². The summed E-state index contributed by atoms with van der Waals surface area (Å²) in [6, 6.07) is 3.88. The molecule has 0 aromatic carbocycles. The van der Waals surface area contributed by atoms with Crippen LogP contribution < -0.4 is 16.0 Å². The fourth-order valence-electron chi connectivity index (χ4n) is 4.00. The van der Waals surface area contributed by atoms with Gasteiger partial charge in [-0.05, 0) is 66.9 Å². The first-order chi connectivity index (χ1) is 13.4. The number of H-pyrrole nitrogens is 1. The van der Waals surface area contributed by atoms with Gasteiger partial charge in [0.05, 0.1) is 11.4 Å². The lowest BCUT2D eigenvalue weighted by molar-refractivity contribution is 0.0787. The predicted octanol–water partition coefficient (Wildman–Crippen LogP) is -1.04. The number of aromatic amines is 1. The normalized spacial score (nSPS) is 36.3. The summed E-state index contributed by atoms with van der Waals surface area (Å²) in [5, 5.41) is 26.3. The Morgan fingerprint density at radius 2 is 2.00 bits per heavy atom. The molecule has 0 aliphatic carbocycles. The summed E-state index contributed by atoms with van der Waals surface area (Å²) in [5.74, 6) is 5.62. The Kier molecular flexibility index (Phi) is 2.83. The highest BCUT2D eigenvalue weighted by molar-refractivity contribution is 6.23. The van der Waals surface area contributed by atoms with E-state index in [0.29, 0.717) is 11.4 Å². The summed E-state index contributed by atoms with van der Waals surface area (Å²) in [6.07, 6.45) is 7.53. The molecule has 1 fully saturated rings. The van der Waals surface area contributed by atoms with Crippen LogP contribution in [0.25, 0.3) is 12.2 Å². The van der Waals surface area contributed by atoms with E-state index >= 15 is 0 Å². The quantitative estimate of drug-likeness (QED) is 0.345. The van der Waals surface area contributed by atoms with Gasteiger partial charge in [0.15, 0.2) is 6.10 Å². The highest BCUT2D eigenvalue weighted by Crippen LogP contribution is 2.48. The molecule has 5 aliphatic heterocycles. The van der Waals surface area contributed by atoms with E-state index in [1.165, 1.54) is 0 Å². The molecule has 7 heteroatoms. The van der Waals surface area contributed by atoms with Crippen LogP contribution in [0.4, 0.5) is 0 Å². The zero-order valence-electron chi connectivity index (χ0n) is 14.9. The molecule has 138 valence electrons. The molecular weight excluding hydrogens is 356 g/mol. The molecule has 1 aromatic rings. The van der Waals surface area contributed by atoms with Gasteiger partial charge < -0.3 is 25.3 Å². The van der Waals surface area contributed by atoms with Crippen LogP contribution in [0.3, 0.4) is 0 Å². The van der Waals surface area contributed by atoms with Crippen molar-refractivity contribution in [2.75, 3.05) is 0 Å². The fraction of sp³-hybridized carbons (Fsp3) is 0.238. The first-order valence-corrected chi connectivity index (χ1v) is 9.02. The molecule has 4 N–H and O–H groups in total. The molecule has 8 bridgehead atoms. The van der Waals surface area contributed by atoms with E-state index in [9.17, 15) is 10.2 Å². The van der Waals surface area contributed by atoms with Gasteiger partial charge >= 0.3 is 0 Å². The van der Waals surface area contributed by atoms with Gasteiger partial charge in [-0.25, -0.2) is 9.98 Å². The number of aliphatic imine (C=N–C) groups is 2. The molecule has 7 nitrogen and oxygen atoms in total. The molecule has 1 aromatic heterocycles. The van der Waals surface area contributed by atoms with E-state index in [-0.39, 0.29) is 0 Å². The number of nitrogens with zero attached hydrogens (tertiary/aromatic N) is 2. The van der Waals surface area contributed by atoms with Crippen molar-refractivity contribution in [3.63, 3.8) is 0 Å². The van der Waals surface area contributed by atoms with Crippen LogP contribution in [0.5, 0.6) is 0 Å². The second kappa shape index (κ2) is 5.00. The van der Waals surface area contributed by atoms with Gasteiger partial charge in [0.25, 0.3) is 5.72 Å². The number of allylic oxidation sites excluding steroid dienone is 3. The average Bonchev–Trinajstić information content (AvgIpc) is 2.95. The Balaban J connectivity index is 1.54. The number of aromatic nitrogens is 1. The second-order valence-corrected chi connectivity index (χ2v) is 7.51. The molecule has 28 heavy (non-hydrogen) atoms. The van der Waals surface area contributed by atoms with E-state index in [2.05, 4.69) is 32.1 Å². The summed E-state index contributed by atoms with van der Waals surface area (Å²) in [7, 11) is 0. The van der Waals surface area contributed by atoms with Crippen LogP contribution in [-0.2, 0) is 4.74 Å². The van der Waals surface area contributed by atoms with Gasteiger partial charge in [0, 0.05) is 16.4 Å². The lowest BCUT2D eigenvalue weighted by Crippen LogP contribution is -2.45. The monoisotopic (exact) mass is 372 g/mol. The standard InChI is InChI=1S/C21H16N4O3/c1-11-6-15-8-16-10-18(26)21(25-16)19(28-21)20(27)5-4-14(24-20)7-12-2-3-13(22-12)9-17(11)23-15/h2-3,6-10,18-19,22,25-27H,1H3. The van der Waals surface area contributed by atoms with Gasteiger partial charge in [-0.3, -0.25) is 0 Å². The molecule has 0 amide bonds. The van der Waals surface area contributed by atoms with Crippen molar-refractivity contribution in [3.05, 3.63) is 58.0 Å². The van der Waals surface area contributed by atoms with Crippen molar-refractivity contribution >= 4 is 23.6 Å². The van der Waals surface area contributed by atoms with E-state index < -0.39 is 23.7 Å². The minimum atomic E-state index is -1.70. The first-order valence-electron chi connectivity index (χ1n) is 9.02. The molecule has 6 heterocycles. The third-order valence-corrected chi connectivity index (χ3v) is 5.43. The van der Waals surface area contributed by atoms with Crippen molar-refractivity contribution in [3.8, 4) is 11.8 Å². The smallest absolute Gasteiger partial charge is 0.253 e. The molecule has 0 radical (unpaired) electrons. The second-order valence-electron chi connectivity index (χ2n) is 7.51. The van der Waals surface area contributed by atoms with Crippen molar-refractivity contribution in [1.29, 1.82) is 0 Å². The third kappa shape index (κ3) is 2.17. The number of aliphatic hydroxyl groups excluding tert-OH is 1. The maximum absolute atomic E-state index is 10.9. The zero-order chi connectivity index (χ0) is 19.1. The number of fused-ring (bicyclic) bond motifs is 6. The summed E-state index contributed by atoms with van der Waals surface area (Å²) in [5.41, 5.74) is 0.992. The summed E-state index contributed by atoms with van der Waals surface area (Å²) < 4.78 is 5.71. The van der Waals surface area contributed by atoms with Gasteiger partial charge in [0.1, 0.15) is 11.8 Å². The average molecular weight is 372 g/mol. The van der Waals surface area contributed by atoms with Crippen LogP contribution in [0.2, 0.25) is 0 Å². The Morgan fingerprint density at radius 1 is 1.18 bits per heavy atom. The molecule has 4 unspecified atom stereocenters. The minimum absolute atomic E-state index is 0.450. The van der Waals surface area contributed by atoms with Crippen LogP contribution in [0.15, 0.2) is 57.3 Å². The highest BCUT2D eigenvalue weighted by Gasteiger charge is 2.72. The number of ether oxygens (including phenoxy) is 1. The molecule has 1 saturated heterocycles. The van der Waals surface area contributed by atoms with Crippen molar-refractivity contribution in [1.82, 2.24) is 10.3 Å². The van der Waals surface area contributed by atoms with Crippen LogP contribution in [-0.4, -0.2) is 50.3 Å². The largest absolute Gasteiger partial charge is 0.384 e. The van der Waals surface area contributed by atoms with Crippen LogP contribution in [0, 0.1) is 11.8 Å². The third-order valence-electron chi connectivity index (χ3n) is 5.43. The molecule has 0 saturated carbocycles. The molecular formula is C21H16N4O3. The van der Waals surface area contributed by atoms with Crippen LogP contribution >= 0.6 is 0 Å². The van der Waals surface area contributed by atoms with E-state index in [4.69, 9.17) is 4.74 Å². The van der Waals surface area contributed by atoms with Gasteiger partial charge in [-0.2, -0.15) is 0 Å². The maximum Gasteiger partial charge on any atom is 0.253 e. The maximum atomic E-state index is 10.9. The number of epoxide rings is 1. The Morgan fingerprint density at radius 3 is 2.86 bits per heavy atom. The summed E-state index contributed by atoms with van der Waals surface area (Å²) >= 11 is 0. The predicted molar refractivity (Wildman–Crippen MR) is 103 cm³/mol. The molecule has 6 rings (SSSR count). The van der Waals surface area contributed by atoms with E-state index in [1.54, 1.807) is 12.2 Å².